The largest absolute Gasteiger partial charge is 0.398 e. The molecular formula is C13H15NO2S. The van der Waals surface area contributed by atoms with Crippen LogP contribution >= 0.6 is 0 Å². The summed E-state index contributed by atoms with van der Waals surface area (Å²) in [5.41, 5.74) is 7.11. The van der Waals surface area contributed by atoms with Crippen molar-refractivity contribution in [2.75, 3.05) is 5.73 Å². The molecule has 17 heavy (non-hydrogen) atoms. The van der Waals surface area contributed by atoms with Crippen molar-refractivity contribution in [3.8, 4) is 0 Å². The average molecular weight is 249 g/mol. The summed E-state index contributed by atoms with van der Waals surface area (Å²) in [5, 5.41) is 1.75. The van der Waals surface area contributed by atoms with Gasteiger partial charge in [0.15, 0.2) is 9.84 Å². The average Bonchev–Trinajstić information content (AvgIpc) is 2.61. The van der Waals surface area contributed by atoms with Crippen LogP contribution in [0.15, 0.2) is 35.2 Å². The molecular weight excluding hydrogens is 234 g/mol. The molecule has 4 heteroatoms. The topological polar surface area (TPSA) is 60.2 Å². The quantitative estimate of drug-likeness (QED) is 0.730. The van der Waals surface area contributed by atoms with Crippen LogP contribution in [0.5, 0.6) is 0 Å². The van der Waals surface area contributed by atoms with Gasteiger partial charge in [0.25, 0.3) is 0 Å². The fourth-order valence-electron chi connectivity index (χ4n) is 2.12. The lowest BCUT2D eigenvalue weighted by Crippen LogP contribution is -1.98. The molecule has 1 heterocycles. The third-order valence-corrected chi connectivity index (χ3v) is 4.50. The highest BCUT2D eigenvalue weighted by molar-refractivity contribution is 7.91. The first-order valence-corrected chi connectivity index (χ1v) is 7.28. The third kappa shape index (κ3) is 1.69. The zero-order valence-electron chi connectivity index (χ0n) is 9.90. The standard InChI is InChI=1S/C11H9NO2S.C2H6/c12-9-5-4-7-2-1-3-10-11(7)8(9)6-15(10,13)14;1-2/h1-5H,6,12H2;1-2H3. The number of sulfone groups is 1. The molecule has 0 atom stereocenters. The highest BCUT2D eigenvalue weighted by atomic mass is 32.2. The van der Waals surface area contributed by atoms with E-state index in [1.54, 1.807) is 18.2 Å². The Bertz CT molecular complexity index is 675. The molecule has 90 valence electrons. The zero-order valence-corrected chi connectivity index (χ0v) is 10.7. The lowest BCUT2D eigenvalue weighted by atomic mass is 10.0. The summed E-state index contributed by atoms with van der Waals surface area (Å²) in [6.07, 6.45) is 0. The van der Waals surface area contributed by atoms with Crippen LogP contribution in [-0.4, -0.2) is 8.42 Å². The minimum Gasteiger partial charge on any atom is -0.398 e. The number of hydrogen-bond donors (Lipinski definition) is 1. The van der Waals surface area contributed by atoms with E-state index >= 15 is 0 Å². The molecule has 1 aliphatic rings. The zero-order chi connectivity index (χ0) is 12.6. The van der Waals surface area contributed by atoms with Crippen LogP contribution in [0.25, 0.3) is 10.8 Å². The molecule has 2 N–H and O–H groups in total. The molecule has 0 spiro atoms. The van der Waals surface area contributed by atoms with Crippen LogP contribution in [0, 0.1) is 0 Å². The Morgan fingerprint density at radius 3 is 2.53 bits per heavy atom. The number of hydrogen-bond acceptors (Lipinski definition) is 3. The van der Waals surface area contributed by atoms with Gasteiger partial charge in [-0.15, -0.1) is 0 Å². The highest BCUT2D eigenvalue weighted by Crippen LogP contribution is 2.38. The molecule has 2 aromatic rings. The molecule has 0 saturated carbocycles. The van der Waals surface area contributed by atoms with Crippen molar-refractivity contribution in [1.29, 1.82) is 0 Å². The van der Waals surface area contributed by atoms with Gasteiger partial charge in [0, 0.05) is 11.1 Å². The maximum Gasteiger partial charge on any atom is 0.183 e. The predicted molar refractivity (Wildman–Crippen MR) is 70.6 cm³/mol. The molecule has 0 saturated heterocycles. The first kappa shape index (κ1) is 11.9. The molecule has 0 unspecified atom stereocenters. The lowest BCUT2D eigenvalue weighted by Gasteiger charge is -2.02. The van der Waals surface area contributed by atoms with Crippen molar-refractivity contribution in [2.24, 2.45) is 0 Å². The Hall–Kier alpha value is -1.55. The SMILES string of the molecule is CC.Nc1ccc2cccc3c2c1CS3(=O)=O. The monoisotopic (exact) mass is 249 g/mol. The number of nitrogen functional groups attached to an aromatic ring is 1. The van der Waals surface area contributed by atoms with Crippen molar-refractivity contribution in [1.82, 2.24) is 0 Å². The van der Waals surface area contributed by atoms with Crippen molar-refractivity contribution < 1.29 is 8.42 Å². The van der Waals surface area contributed by atoms with Crippen LogP contribution in [-0.2, 0) is 15.6 Å². The van der Waals surface area contributed by atoms with Gasteiger partial charge in [-0.2, -0.15) is 0 Å². The summed E-state index contributed by atoms with van der Waals surface area (Å²) in [6, 6.07) is 8.94. The van der Waals surface area contributed by atoms with Gasteiger partial charge in [0.2, 0.25) is 0 Å². The van der Waals surface area contributed by atoms with Gasteiger partial charge in [-0.05, 0) is 23.1 Å². The first-order valence-electron chi connectivity index (χ1n) is 5.62. The Kier molecular flexibility index (Phi) is 2.83. The van der Waals surface area contributed by atoms with Gasteiger partial charge < -0.3 is 5.73 Å². The number of anilines is 1. The van der Waals surface area contributed by atoms with E-state index in [4.69, 9.17) is 5.73 Å². The molecule has 0 amide bonds. The smallest absolute Gasteiger partial charge is 0.183 e. The Balaban J connectivity index is 0.000000514. The van der Waals surface area contributed by atoms with Gasteiger partial charge in [-0.3, -0.25) is 0 Å². The molecule has 0 bridgehead atoms. The summed E-state index contributed by atoms with van der Waals surface area (Å²) < 4.78 is 23.7. The van der Waals surface area contributed by atoms with Crippen LogP contribution in [0.2, 0.25) is 0 Å². The number of nitrogens with two attached hydrogens (primary N) is 1. The van der Waals surface area contributed by atoms with Crippen LogP contribution in [0.4, 0.5) is 5.69 Å². The predicted octanol–water partition coefficient (Wildman–Crippen LogP) is 2.74. The molecule has 0 aliphatic carbocycles. The van der Waals surface area contributed by atoms with E-state index in [2.05, 4.69) is 0 Å². The van der Waals surface area contributed by atoms with Crippen molar-refractivity contribution in [3.63, 3.8) is 0 Å². The second-order valence-electron chi connectivity index (χ2n) is 3.75. The maximum absolute atomic E-state index is 11.8. The van der Waals surface area contributed by atoms with E-state index < -0.39 is 9.84 Å². The fraction of sp³-hybridized carbons (Fsp3) is 0.231. The van der Waals surface area contributed by atoms with Crippen LogP contribution in [0.1, 0.15) is 19.4 Å². The summed E-state index contributed by atoms with van der Waals surface area (Å²) in [7, 11) is -3.16. The highest BCUT2D eigenvalue weighted by Gasteiger charge is 2.28. The van der Waals surface area contributed by atoms with E-state index in [9.17, 15) is 8.42 Å². The van der Waals surface area contributed by atoms with Crippen molar-refractivity contribution in [3.05, 3.63) is 35.9 Å². The van der Waals surface area contributed by atoms with Gasteiger partial charge >= 0.3 is 0 Å². The maximum atomic E-state index is 11.8. The van der Waals surface area contributed by atoms with Crippen molar-refractivity contribution in [2.45, 2.75) is 24.5 Å². The van der Waals surface area contributed by atoms with Crippen LogP contribution < -0.4 is 5.73 Å². The number of rotatable bonds is 0. The lowest BCUT2D eigenvalue weighted by molar-refractivity contribution is 0.598. The van der Waals surface area contributed by atoms with Crippen molar-refractivity contribution >= 4 is 26.3 Å². The Morgan fingerprint density at radius 1 is 1.12 bits per heavy atom. The molecule has 0 fully saturated rings. The molecule has 1 aliphatic heterocycles. The summed E-state index contributed by atoms with van der Waals surface area (Å²) in [5.74, 6) is 0.0372. The van der Waals surface area contributed by atoms with E-state index in [0.29, 0.717) is 10.6 Å². The summed E-state index contributed by atoms with van der Waals surface area (Å²) in [6.45, 7) is 4.00. The minimum absolute atomic E-state index is 0.0372. The third-order valence-electron chi connectivity index (χ3n) is 2.82. The normalized spacial score (nSPS) is 15.4. The first-order chi connectivity index (χ1) is 8.09. The summed E-state index contributed by atoms with van der Waals surface area (Å²) in [4.78, 5) is 0.419. The second kappa shape index (κ2) is 4.04. The van der Waals surface area contributed by atoms with Crippen LogP contribution in [0.3, 0.4) is 0 Å². The van der Waals surface area contributed by atoms with E-state index in [-0.39, 0.29) is 5.75 Å². The molecule has 0 radical (unpaired) electrons. The van der Waals surface area contributed by atoms with Gasteiger partial charge in [0.1, 0.15) is 0 Å². The van der Waals surface area contributed by atoms with E-state index in [1.807, 2.05) is 26.0 Å². The molecule has 3 nitrogen and oxygen atoms in total. The second-order valence-corrected chi connectivity index (χ2v) is 5.70. The van der Waals surface area contributed by atoms with Gasteiger partial charge in [-0.1, -0.05) is 32.0 Å². The van der Waals surface area contributed by atoms with Gasteiger partial charge in [0.05, 0.1) is 10.6 Å². The Labute approximate surface area is 101 Å². The summed E-state index contributed by atoms with van der Waals surface area (Å²) >= 11 is 0. The fourth-order valence-corrected chi connectivity index (χ4v) is 3.80. The number of benzene rings is 2. The van der Waals surface area contributed by atoms with E-state index in [0.717, 1.165) is 16.3 Å². The van der Waals surface area contributed by atoms with Gasteiger partial charge in [-0.25, -0.2) is 8.42 Å². The minimum atomic E-state index is -3.16. The Morgan fingerprint density at radius 2 is 1.82 bits per heavy atom. The molecule has 2 aromatic carbocycles. The molecule has 3 rings (SSSR count). The molecule has 0 aromatic heterocycles. The van der Waals surface area contributed by atoms with E-state index in [1.165, 1.54) is 0 Å².